The van der Waals surface area contributed by atoms with Crippen molar-refractivity contribution < 1.29 is 19.0 Å². The molecule has 0 radical (unpaired) electrons. The molecule has 3 heterocycles. The van der Waals surface area contributed by atoms with Crippen LogP contribution in [-0.2, 0) is 4.79 Å². The van der Waals surface area contributed by atoms with Crippen LogP contribution < -0.4 is 19.5 Å². The van der Waals surface area contributed by atoms with Gasteiger partial charge in [-0.2, -0.15) is 0 Å². The van der Waals surface area contributed by atoms with Crippen LogP contribution in [0.5, 0.6) is 17.2 Å². The summed E-state index contributed by atoms with van der Waals surface area (Å²) in [4.78, 5) is 22.0. The molecule has 1 amide bonds. The van der Waals surface area contributed by atoms with Crippen LogP contribution in [-0.4, -0.2) is 29.3 Å². The number of thiazole rings is 1. The van der Waals surface area contributed by atoms with Gasteiger partial charge in [0.1, 0.15) is 21.1 Å². The molecule has 1 N–H and O–H groups in total. The van der Waals surface area contributed by atoms with Gasteiger partial charge in [0.2, 0.25) is 6.79 Å². The number of nitrogens with zero attached hydrogens (tertiary/aromatic N) is 2. The van der Waals surface area contributed by atoms with Gasteiger partial charge >= 0.3 is 0 Å². The fourth-order valence-electron chi connectivity index (χ4n) is 2.90. The van der Waals surface area contributed by atoms with Crippen molar-refractivity contribution >= 4 is 33.3 Å². The SMILES string of the molecule is O=C(COc1ccc2c(c1)OCO2)Nc1ccc(-c2nc3cccnc3s2)cc1. The zero-order valence-electron chi connectivity index (χ0n) is 15.1. The standard InChI is InChI=1S/C21H15N3O4S/c25-19(11-26-15-7-8-17-18(10-15)28-12-27-17)23-14-5-3-13(4-6-14)20-24-16-2-1-9-22-21(16)29-20/h1-10H,11-12H2,(H,23,25). The van der Waals surface area contributed by atoms with Crippen LogP contribution in [0.1, 0.15) is 0 Å². The van der Waals surface area contributed by atoms with Crippen molar-refractivity contribution in [2.24, 2.45) is 0 Å². The van der Waals surface area contributed by atoms with Gasteiger partial charge in [0.25, 0.3) is 5.91 Å². The van der Waals surface area contributed by atoms with Crippen LogP contribution >= 0.6 is 11.3 Å². The molecule has 144 valence electrons. The Labute approximate surface area is 169 Å². The van der Waals surface area contributed by atoms with Crippen LogP contribution in [0.4, 0.5) is 5.69 Å². The van der Waals surface area contributed by atoms with Crippen molar-refractivity contribution in [1.82, 2.24) is 9.97 Å². The van der Waals surface area contributed by atoms with E-state index in [1.54, 1.807) is 24.4 Å². The first kappa shape index (κ1) is 17.4. The van der Waals surface area contributed by atoms with Crippen LogP contribution in [0.3, 0.4) is 0 Å². The normalized spacial score (nSPS) is 12.1. The van der Waals surface area contributed by atoms with Gasteiger partial charge in [-0.05, 0) is 48.5 Å². The smallest absolute Gasteiger partial charge is 0.262 e. The Morgan fingerprint density at radius 2 is 1.97 bits per heavy atom. The van der Waals surface area contributed by atoms with Gasteiger partial charge in [-0.15, -0.1) is 0 Å². The zero-order chi connectivity index (χ0) is 19.6. The van der Waals surface area contributed by atoms with E-state index in [1.807, 2.05) is 36.4 Å². The van der Waals surface area contributed by atoms with Gasteiger partial charge in [0.05, 0.1) is 0 Å². The third kappa shape index (κ3) is 3.70. The number of carbonyl (C=O) groups excluding carboxylic acids is 1. The van der Waals surface area contributed by atoms with Gasteiger partial charge in [0.15, 0.2) is 18.1 Å². The van der Waals surface area contributed by atoms with Crippen molar-refractivity contribution in [1.29, 1.82) is 0 Å². The number of hydrogen-bond donors (Lipinski definition) is 1. The lowest BCUT2D eigenvalue weighted by atomic mass is 10.2. The monoisotopic (exact) mass is 405 g/mol. The Morgan fingerprint density at radius 3 is 2.83 bits per heavy atom. The Bertz CT molecular complexity index is 1160. The van der Waals surface area contributed by atoms with E-state index < -0.39 is 0 Å². The first-order valence-corrected chi connectivity index (χ1v) is 9.70. The average Bonchev–Trinajstić information content (AvgIpc) is 3.39. The van der Waals surface area contributed by atoms with Crippen molar-refractivity contribution in [3.05, 3.63) is 60.8 Å². The number of carbonyl (C=O) groups is 1. The molecule has 0 fully saturated rings. The summed E-state index contributed by atoms with van der Waals surface area (Å²) >= 11 is 1.54. The van der Waals surface area contributed by atoms with E-state index in [2.05, 4.69) is 15.3 Å². The molecule has 4 aromatic rings. The highest BCUT2D eigenvalue weighted by Gasteiger charge is 2.14. The van der Waals surface area contributed by atoms with E-state index in [0.29, 0.717) is 22.9 Å². The second-order valence-electron chi connectivity index (χ2n) is 6.28. The first-order valence-electron chi connectivity index (χ1n) is 8.89. The topological polar surface area (TPSA) is 82.6 Å². The lowest BCUT2D eigenvalue weighted by Crippen LogP contribution is -2.20. The van der Waals surface area contributed by atoms with Crippen LogP contribution in [0, 0.1) is 0 Å². The van der Waals surface area contributed by atoms with Gasteiger partial charge in [-0.25, -0.2) is 9.97 Å². The summed E-state index contributed by atoms with van der Waals surface area (Å²) in [7, 11) is 0. The van der Waals surface area contributed by atoms with E-state index in [9.17, 15) is 4.79 Å². The fourth-order valence-corrected chi connectivity index (χ4v) is 3.81. The minimum Gasteiger partial charge on any atom is -0.484 e. The number of hydrogen-bond acceptors (Lipinski definition) is 7. The van der Waals surface area contributed by atoms with Crippen molar-refractivity contribution in [2.75, 3.05) is 18.7 Å². The number of ether oxygens (including phenoxy) is 3. The van der Waals surface area contributed by atoms with Gasteiger partial charge in [-0.1, -0.05) is 11.3 Å². The third-order valence-corrected chi connectivity index (χ3v) is 5.32. The highest BCUT2D eigenvalue weighted by atomic mass is 32.1. The number of rotatable bonds is 5. The Hall–Kier alpha value is -3.65. The molecular weight excluding hydrogens is 390 g/mol. The van der Waals surface area contributed by atoms with E-state index >= 15 is 0 Å². The molecule has 0 spiro atoms. The summed E-state index contributed by atoms with van der Waals surface area (Å²) in [5.41, 5.74) is 2.54. The van der Waals surface area contributed by atoms with E-state index in [1.165, 1.54) is 11.3 Å². The zero-order valence-corrected chi connectivity index (χ0v) is 15.9. The highest BCUT2D eigenvalue weighted by molar-refractivity contribution is 7.21. The van der Waals surface area contributed by atoms with E-state index in [-0.39, 0.29) is 19.3 Å². The lowest BCUT2D eigenvalue weighted by molar-refractivity contribution is -0.118. The van der Waals surface area contributed by atoms with Crippen molar-refractivity contribution in [3.63, 3.8) is 0 Å². The summed E-state index contributed by atoms with van der Waals surface area (Å²) in [5.74, 6) is 1.58. The van der Waals surface area contributed by atoms with Crippen LogP contribution in [0.15, 0.2) is 60.8 Å². The largest absolute Gasteiger partial charge is 0.484 e. The number of anilines is 1. The number of aromatic nitrogens is 2. The average molecular weight is 405 g/mol. The summed E-state index contributed by atoms with van der Waals surface area (Å²) in [5, 5.41) is 3.71. The minimum absolute atomic E-state index is 0.106. The molecule has 1 aliphatic heterocycles. The molecular formula is C21H15N3O4S. The minimum atomic E-state index is -0.250. The molecule has 0 aliphatic carbocycles. The summed E-state index contributed by atoms with van der Waals surface area (Å²) in [6, 6.07) is 16.5. The quantitative estimate of drug-likeness (QED) is 0.538. The maximum atomic E-state index is 12.2. The predicted octanol–water partition coefficient (Wildman–Crippen LogP) is 4.10. The molecule has 7 nitrogen and oxygen atoms in total. The van der Waals surface area contributed by atoms with Crippen LogP contribution in [0.25, 0.3) is 20.9 Å². The molecule has 1 aliphatic rings. The van der Waals surface area contributed by atoms with Crippen molar-refractivity contribution in [2.45, 2.75) is 0 Å². The Morgan fingerprint density at radius 1 is 1.10 bits per heavy atom. The first-order chi connectivity index (χ1) is 14.2. The Kier molecular flexibility index (Phi) is 4.45. The maximum absolute atomic E-state index is 12.2. The summed E-state index contributed by atoms with van der Waals surface area (Å²) < 4.78 is 16.1. The number of benzene rings is 2. The molecule has 29 heavy (non-hydrogen) atoms. The molecule has 2 aromatic heterocycles. The Balaban J connectivity index is 1.21. The van der Waals surface area contributed by atoms with Crippen LogP contribution in [0.2, 0.25) is 0 Å². The van der Waals surface area contributed by atoms with E-state index in [4.69, 9.17) is 14.2 Å². The number of amides is 1. The number of pyridine rings is 1. The molecule has 0 bridgehead atoms. The highest BCUT2D eigenvalue weighted by Crippen LogP contribution is 2.35. The molecule has 0 atom stereocenters. The second kappa shape index (κ2) is 7.40. The van der Waals surface area contributed by atoms with Gasteiger partial charge in [0, 0.05) is 23.5 Å². The lowest BCUT2D eigenvalue weighted by Gasteiger charge is -2.08. The molecule has 0 saturated heterocycles. The fraction of sp³-hybridized carbons (Fsp3) is 0.0952. The number of nitrogens with one attached hydrogen (secondary N) is 1. The van der Waals surface area contributed by atoms with Gasteiger partial charge in [-0.3, -0.25) is 4.79 Å². The van der Waals surface area contributed by atoms with Crippen molar-refractivity contribution in [3.8, 4) is 27.8 Å². The van der Waals surface area contributed by atoms with E-state index in [0.717, 1.165) is 20.9 Å². The molecule has 2 aromatic carbocycles. The summed E-state index contributed by atoms with van der Waals surface area (Å²) in [6.07, 6.45) is 1.76. The molecule has 0 unspecified atom stereocenters. The molecule has 5 rings (SSSR count). The second-order valence-corrected chi connectivity index (χ2v) is 7.25. The molecule has 8 heteroatoms. The summed E-state index contributed by atoms with van der Waals surface area (Å²) in [6.45, 7) is 0.0910. The maximum Gasteiger partial charge on any atom is 0.262 e. The predicted molar refractivity (Wildman–Crippen MR) is 110 cm³/mol. The van der Waals surface area contributed by atoms with Gasteiger partial charge < -0.3 is 19.5 Å². The third-order valence-electron chi connectivity index (χ3n) is 4.30. The number of fused-ring (bicyclic) bond motifs is 2. The molecule has 0 saturated carbocycles.